The molecular weight excluding hydrogens is 356 g/mol. The fraction of sp³-hybridized carbons (Fsp3) is 0.889. The van der Waals surface area contributed by atoms with Gasteiger partial charge in [-0.1, -0.05) is 83.3 Å². The summed E-state index contributed by atoms with van der Waals surface area (Å²) in [6.45, 7) is 2.40. The second-order valence-electron chi connectivity index (χ2n) is 6.22. The summed E-state index contributed by atoms with van der Waals surface area (Å²) >= 11 is 0. The average Bonchev–Trinajstić information content (AvgIpc) is 2.49. The van der Waals surface area contributed by atoms with Crippen LogP contribution in [0.25, 0.3) is 4.72 Å². The minimum absolute atomic E-state index is 0. The van der Waals surface area contributed by atoms with Gasteiger partial charge >= 0.3 is 59.1 Å². The number of rotatable bonds is 17. The van der Waals surface area contributed by atoms with Gasteiger partial charge in [-0.05, 0) is 25.7 Å². The molecule has 0 unspecified atom stereocenters. The molecule has 0 spiro atoms. The van der Waals surface area contributed by atoms with E-state index in [1.54, 1.807) is 0 Å². The molecule has 7 heteroatoms. The zero-order valence-electron chi connectivity index (χ0n) is 16.8. The molecule has 0 aliphatic heterocycles. The summed E-state index contributed by atoms with van der Waals surface area (Å²) in [6, 6.07) is 0. The van der Waals surface area contributed by atoms with Crippen molar-refractivity contribution in [3.63, 3.8) is 0 Å². The third-order valence-electron chi connectivity index (χ3n) is 3.92. The molecule has 0 radical (unpaired) electrons. The van der Waals surface area contributed by atoms with E-state index in [1.165, 1.54) is 70.6 Å². The van der Waals surface area contributed by atoms with Crippen LogP contribution in [0.3, 0.4) is 0 Å². The van der Waals surface area contributed by atoms with Crippen LogP contribution in [0.15, 0.2) is 12.2 Å². The Labute approximate surface area is 200 Å². The van der Waals surface area contributed by atoms with Gasteiger partial charge in [-0.25, -0.2) is 0 Å². The maximum absolute atomic E-state index is 10.3. The smallest absolute Gasteiger partial charge is 0.764 e. The Morgan fingerprint density at radius 2 is 1.12 bits per heavy atom. The van der Waals surface area contributed by atoms with Crippen molar-refractivity contribution < 1.29 is 72.1 Å². The SMILES string of the molecule is CCCCCCCC/C=C\CCCCCCCC[N-]S(=O)(=O)[O-].[Na+].[Na+]. The number of unbranched alkanes of at least 4 members (excludes halogenated alkanes) is 12. The molecule has 0 heterocycles. The molecule has 0 fully saturated rings. The van der Waals surface area contributed by atoms with Crippen LogP contribution in [0.2, 0.25) is 0 Å². The molecule has 0 saturated carbocycles. The van der Waals surface area contributed by atoms with Crippen LogP contribution in [0.1, 0.15) is 96.8 Å². The van der Waals surface area contributed by atoms with Crippen molar-refractivity contribution in [1.29, 1.82) is 0 Å². The third-order valence-corrected chi connectivity index (χ3v) is 4.42. The number of nitrogens with zero attached hydrogens (tertiary/aromatic N) is 1. The van der Waals surface area contributed by atoms with Crippen LogP contribution in [0.5, 0.6) is 0 Å². The molecule has 0 aliphatic rings. The standard InChI is InChI=1S/C18H36NO3S.2Na/c1-2-3-4-5-6-7-8-9-10-11-12-13-14-15-16-17-18-19-23(20,21)22;;/h9-10H,2-8,11-18H2,1H3,(H,20,21,22);;/q-1;2*+1/p-1/b10-9-;;. The minimum Gasteiger partial charge on any atom is -0.764 e. The zero-order chi connectivity index (χ0) is 17.2. The molecule has 4 nitrogen and oxygen atoms in total. The molecule has 0 N–H and O–H groups in total. The van der Waals surface area contributed by atoms with E-state index in [0.29, 0.717) is 6.42 Å². The summed E-state index contributed by atoms with van der Waals surface area (Å²) < 4.78 is 33.9. The van der Waals surface area contributed by atoms with Crippen molar-refractivity contribution in [2.24, 2.45) is 0 Å². The van der Waals surface area contributed by atoms with Crippen molar-refractivity contribution in [3.05, 3.63) is 16.9 Å². The number of hydrogen-bond donors (Lipinski definition) is 0. The Balaban J connectivity index is -0.00000242. The van der Waals surface area contributed by atoms with E-state index in [-0.39, 0.29) is 65.7 Å². The first-order valence-corrected chi connectivity index (χ1v) is 10.7. The fourth-order valence-electron chi connectivity index (χ4n) is 2.54. The maximum atomic E-state index is 10.3. The molecule has 138 valence electrons. The van der Waals surface area contributed by atoms with Crippen molar-refractivity contribution >= 4 is 10.3 Å². The Kier molecular flexibility index (Phi) is 29.6. The average molecular weight is 392 g/mol. The van der Waals surface area contributed by atoms with Crippen molar-refractivity contribution in [2.45, 2.75) is 96.8 Å². The predicted octanol–water partition coefficient (Wildman–Crippen LogP) is -0.134. The van der Waals surface area contributed by atoms with Crippen LogP contribution in [-0.4, -0.2) is 19.5 Å². The first-order valence-electron chi connectivity index (χ1n) is 9.36. The van der Waals surface area contributed by atoms with Gasteiger partial charge in [0.25, 0.3) is 0 Å². The number of allylic oxidation sites excluding steroid dienone is 2. The van der Waals surface area contributed by atoms with Gasteiger partial charge in [-0.2, -0.15) is 0 Å². The van der Waals surface area contributed by atoms with Crippen molar-refractivity contribution in [3.8, 4) is 0 Å². The zero-order valence-corrected chi connectivity index (χ0v) is 21.7. The van der Waals surface area contributed by atoms with Gasteiger partial charge in [0, 0.05) is 10.3 Å². The fourth-order valence-corrected chi connectivity index (χ4v) is 2.89. The summed E-state index contributed by atoms with van der Waals surface area (Å²) in [5.74, 6) is 0. The summed E-state index contributed by atoms with van der Waals surface area (Å²) in [5.41, 5.74) is 0. The Morgan fingerprint density at radius 3 is 1.56 bits per heavy atom. The molecule has 25 heavy (non-hydrogen) atoms. The van der Waals surface area contributed by atoms with Gasteiger partial charge in [0.2, 0.25) is 0 Å². The Hall–Kier alpha value is 1.61. The molecule has 0 atom stereocenters. The van der Waals surface area contributed by atoms with Crippen LogP contribution in [0, 0.1) is 0 Å². The number of hydrogen-bond acceptors (Lipinski definition) is 3. The van der Waals surface area contributed by atoms with E-state index in [1.807, 2.05) is 0 Å². The Bertz CT molecular complexity index is 377. The molecule has 0 saturated heterocycles. The van der Waals surface area contributed by atoms with Gasteiger partial charge in [-0.3, -0.25) is 8.42 Å². The summed E-state index contributed by atoms with van der Waals surface area (Å²) in [5, 5.41) is 0. The van der Waals surface area contributed by atoms with E-state index in [0.717, 1.165) is 12.8 Å². The monoisotopic (exact) mass is 391 g/mol. The van der Waals surface area contributed by atoms with Gasteiger partial charge in [-0.15, -0.1) is 6.54 Å². The first-order chi connectivity index (χ1) is 11.1. The van der Waals surface area contributed by atoms with E-state index < -0.39 is 10.3 Å². The second-order valence-corrected chi connectivity index (χ2v) is 7.33. The molecule has 0 aromatic heterocycles. The van der Waals surface area contributed by atoms with E-state index in [2.05, 4.69) is 23.8 Å². The largest absolute Gasteiger partial charge is 1.00 e. The van der Waals surface area contributed by atoms with Gasteiger partial charge in [0.05, 0.1) is 0 Å². The minimum atomic E-state index is -4.38. The van der Waals surface area contributed by atoms with E-state index in [4.69, 9.17) is 0 Å². The molecule has 0 bridgehead atoms. The summed E-state index contributed by atoms with van der Waals surface area (Å²) in [7, 11) is -4.38. The van der Waals surface area contributed by atoms with Gasteiger partial charge < -0.3 is 9.27 Å². The van der Waals surface area contributed by atoms with Crippen LogP contribution in [-0.2, 0) is 10.3 Å². The topological polar surface area (TPSA) is 71.3 Å². The quantitative estimate of drug-likeness (QED) is 0.150. The van der Waals surface area contributed by atoms with Crippen molar-refractivity contribution in [1.82, 2.24) is 0 Å². The predicted molar refractivity (Wildman–Crippen MR) is 97.4 cm³/mol. The van der Waals surface area contributed by atoms with E-state index in [9.17, 15) is 13.0 Å². The first kappa shape index (κ1) is 31.3. The second kappa shape index (κ2) is 23.6. The molecule has 0 amide bonds. The summed E-state index contributed by atoms with van der Waals surface area (Å²) in [4.78, 5) is 0. The summed E-state index contributed by atoms with van der Waals surface area (Å²) in [6.07, 6.45) is 21.5. The molecule has 0 aromatic carbocycles. The van der Waals surface area contributed by atoms with Gasteiger partial charge in [0.1, 0.15) is 0 Å². The normalized spacial score (nSPS) is 11.3. The molecule has 0 aliphatic carbocycles. The van der Waals surface area contributed by atoms with Gasteiger partial charge in [0.15, 0.2) is 0 Å². The van der Waals surface area contributed by atoms with Crippen LogP contribution < -0.4 is 59.1 Å². The molecular formula is C18H35NNa2O3S. The molecule has 0 aromatic rings. The van der Waals surface area contributed by atoms with Crippen LogP contribution in [0.4, 0.5) is 0 Å². The third kappa shape index (κ3) is 30.6. The van der Waals surface area contributed by atoms with Crippen LogP contribution >= 0.6 is 0 Å². The van der Waals surface area contributed by atoms with E-state index >= 15 is 0 Å². The maximum Gasteiger partial charge on any atom is 1.00 e. The van der Waals surface area contributed by atoms with Crippen molar-refractivity contribution in [2.75, 3.05) is 6.54 Å². The Morgan fingerprint density at radius 1 is 0.720 bits per heavy atom. The molecule has 0 rings (SSSR count).